The Hall–Kier alpha value is -4.45. The van der Waals surface area contributed by atoms with Crippen LogP contribution in [0.25, 0.3) is 11.1 Å². The van der Waals surface area contributed by atoms with Crippen molar-refractivity contribution in [1.82, 2.24) is 4.90 Å². The molecule has 0 bridgehead atoms. The minimum Gasteiger partial charge on any atom is -0.482 e. The van der Waals surface area contributed by atoms with Crippen molar-refractivity contribution in [2.45, 2.75) is 18.9 Å². The first-order chi connectivity index (χ1) is 18.0. The Bertz CT molecular complexity index is 1420. The van der Waals surface area contributed by atoms with Crippen molar-refractivity contribution in [2.24, 2.45) is 0 Å². The van der Waals surface area contributed by atoms with E-state index < -0.39 is 24.4 Å². The maximum absolute atomic E-state index is 14.5. The Morgan fingerprint density at radius 2 is 1.57 bits per heavy atom. The summed E-state index contributed by atoms with van der Waals surface area (Å²) in [6, 6.07) is 29.1. The molecule has 1 aliphatic heterocycles. The number of ether oxygens (including phenoxy) is 1. The summed E-state index contributed by atoms with van der Waals surface area (Å²) in [4.78, 5) is 26.6. The summed E-state index contributed by atoms with van der Waals surface area (Å²) in [5, 5.41) is 9.12. The number of hydrogen-bond acceptors (Lipinski definition) is 3. The third kappa shape index (κ3) is 5.38. The molecule has 0 saturated carbocycles. The minimum atomic E-state index is -1.13. The molecular formula is C31H26FNO4. The Morgan fingerprint density at radius 1 is 0.865 bits per heavy atom. The minimum absolute atomic E-state index is 0.0968. The fourth-order valence-electron chi connectivity index (χ4n) is 4.90. The first kappa shape index (κ1) is 24.3. The summed E-state index contributed by atoms with van der Waals surface area (Å²) in [5.41, 5.74) is 5.43. The SMILES string of the molecule is O=C(O)COc1ccc(F)cc1C1c2ccccc2CCN1C(=O)Cc1ccc(-c2ccccc2)cc1. The molecule has 0 aromatic heterocycles. The molecule has 4 aromatic rings. The normalized spacial score (nSPS) is 14.6. The summed E-state index contributed by atoms with van der Waals surface area (Å²) in [7, 11) is 0. The van der Waals surface area contributed by atoms with Crippen molar-refractivity contribution in [2.75, 3.05) is 13.2 Å². The Kier molecular flexibility index (Phi) is 6.99. The molecule has 1 N–H and O–H groups in total. The summed E-state index contributed by atoms with van der Waals surface area (Å²) in [5.74, 6) is -1.47. The molecular weight excluding hydrogens is 469 g/mol. The van der Waals surface area contributed by atoms with Gasteiger partial charge >= 0.3 is 5.97 Å². The van der Waals surface area contributed by atoms with Crippen molar-refractivity contribution in [3.8, 4) is 16.9 Å². The largest absolute Gasteiger partial charge is 0.482 e. The Morgan fingerprint density at radius 3 is 2.32 bits per heavy atom. The number of rotatable bonds is 7. The van der Waals surface area contributed by atoms with Crippen LogP contribution in [0.1, 0.15) is 28.3 Å². The lowest BCUT2D eigenvalue weighted by Crippen LogP contribution is -2.41. The molecule has 0 spiro atoms. The van der Waals surface area contributed by atoms with E-state index in [0.717, 1.165) is 27.8 Å². The second kappa shape index (κ2) is 10.7. The standard InChI is InChI=1S/C31H26FNO4/c32-25-14-15-28(37-20-30(35)36)27(19-25)31-26-9-5-4-8-24(26)16-17-33(31)29(34)18-21-10-12-23(13-11-21)22-6-2-1-3-7-22/h1-15,19,31H,16-18,20H2,(H,35,36). The number of halogens is 1. The van der Waals surface area contributed by atoms with E-state index in [1.807, 2.05) is 78.9 Å². The zero-order valence-corrected chi connectivity index (χ0v) is 20.1. The van der Waals surface area contributed by atoms with Gasteiger partial charge < -0.3 is 14.7 Å². The summed E-state index contributed by atoms with van der Waals surface area (Å²) in [6.45, 7) is -0.105. The van der Waals surface area contributed by atoms with Crippen LogP contribution in [-0.4, -0.2) is 35.0 Å². The van der Waals surface area contributed by atoms with Gasteiger partial charge in [0.1, 0.15) is 11.6 Å². The van der Waals surface area contributed by atoms with E-state index >= 15 is 0 Å². The van der Waals surface area contributed by atoms with Gasteiger partial charge in [-0.15, -0.1) is 0 Å². The number of benzene rings is 4. The van der Waals surface area contributed by atoms with Gasteiger partial charge in [-0.2, -0.15) is 0 Å². The molecule has 0 radical (unpaired) electrons. The van der Waals surface area contributed by atoms with Crippen LogP contribution >= 0.6 is 0 Å². The lowest BCUT2D eigenvalue weighted by Gasteiger charge is -2.38. The fourth-order valence-corrected chi connectivity index (χ4v) is 4.90. The van der Waals surface area contributed by atoms with Crippen molar-refractivity contribution in [1.29, 1.82) is 0 Å². The Balaban J connectivity index is 1.46. The molecule has 5 rings (SSSR count). The van der Waals surface area contributed by atoms with Gasteiger partial charge in [0.15, 0.2) is 6.61 Å². The van der Waals surface area contributed by atoms with E-state index in [-0.39, 0.29) is 18.1 Å². The zero-order valence-electron chi connectivity index (χ0n) is 20.1. The predicted octanol–water partition coefficient (Wildman–Crippen LogP) is 5.67. The van der Waals surface area contributed by atoms with E-state index in [4.69, 9.17) is 9.84 Å². The molecule has 0 fully saturated rings. The molecule has 37 heavy (non-hydrogen) atoms. The summed E-state index contributed by atoms with van der Waals surface area (Å²) >= 11 is 0. The summed E-state index contributed by atoms with van der Waals surface area (Å²) < 4.78 is 20.0. The van der Waals surface area contributed by atoms with E-state index in [1.165, 1.54) is 18.2 Å². The first-order valence-corrected chi connectivity index (χ1v) is 12.2. The van der Waals surface area contributed by atoms with E-state index in [9.17, 15) is 14.0 Å². The molecule has 4 aromatic carbocycles. The van der Waals surface area contributed by atoms with Gasteiger partial charge in [-0.3, -0.25) is 4.79 Å². The van der Waals surface area contributed by atoms with Crippen molar-refractivity contribution in [3.63, 3.8) is 0 Å². The zero-order chi connectivity index (χ0) is 25.8. The number of carbonyl (C=O) groups excluding carboxylic acids is 1. The van der Waals surface area contributed by atoms with Crippen LogP contribution in [0.4, 0.5) is 4.39 Å². The molecule has 1 unspecified atom stereocenters. The van der Waals surface area contributed by atoms with Gasteiger partial charge in [0.25, 0.3) is 0 Å². The van der Waals surface area contributed by atoms with Crippen LogP contribution in [0.5, 0.6) is 5.75 Å². The topological polar surface area (TPSA) is 66.8 Å². The lowest BCUT2D eigenvalue weighted by molar-refractivity contribution is -0.139. The number of nitrogens with zero attached hydrogens (tertiary/aromatic N) is 1. The number of carboxylic acid groups (broad SMARTS) is 1. The molecule has 1 atom stereocenters. The molecule has 0 saturated heterocycles. The highest BCUT2D eigenvalue weighted by Gasteiger charge is 2.34. The molecule has 5 nitrogen and oxygen atoms in total. The average molecular weight is 496 g/mol. The number of aliphatic carboxylic acids is 1. The molecule has 1 heterocycles. The maximum Gasteiger partial charge on any atom is 0.341 e. The quantitative estimate of drug-likeness (QED) is 0.359. The maximum atomic E-state index is 14.5. The lowest BCUT2D eigenvalue weighted by atomic mass is 9.87. The number of amides is 1. The first-order valence-electron chi connectivity index (χ1n) is 12.2. The van der Waals surface area contributed by atoms with E-state index in [1.54, 1.807) is 4.90 Å². The van der Waals surface area contributed by atoms with E-state index in [2.05, 4.69) is 0 Å². The average Bonchev–Trinajstić information content (AvgIpc) is 2.92. The van der Waals surface area contributed by atoms with Crippen molar-refractivity contribution >= 4 is 11.9 Å². The molecule has 1 amide bonds. The molecule has 0 aliphatic carbocycles. The third-order valence-electron chi connectivity index (χ3n) is 6.64. The smallest absolute Gasteiger partial charge is 0.341 e. The predicted molar refractivity (Wildman–Crippen MR) is 139 cm³/mol. The van der Waals surface area contributed by atoms with Gasteiger partial charge in [-0.25, -0.2) is 9.18 Å². The van der Waals surface area contributed by atoms with Crippen LogP contribution < -0.4 is 4.74 Å². The van der Waals surface area contributed by atoms with Crippen LogP contribution in [0.2, 0.25) is 0 Å². The van der Waals surface area contributed by atoms with Gasteiger partial charge in [-0.1, -0.05) is 78.9 Å². The number of carbonyl (C=O) groups is 2. The van der Waals surface area contributed by atoms with Gasteiger partial charge in [0.2, 0.25) is 5.91 Å². The number of carboxylic acids is 1. The van der Waals surface area contributed by atoms with Gasteiger partial charge in [0.05, 0.1) is 12.5 Å². The molecule has 186 valence electrons. The number of fused-ring (bicyclic) bond motifs is 1. The highest BCUT2D eigenvalue weighted by atomic mass is 19.1. The monoisotopic (exact) mass is 495 g/mol. The second-order valence-corrected chi connectivity index (χ2v) is 9.04. The second-order valence-electron chi connectivity index (χ2n) is 9.04. The molecule has 6 heteroatoms. The highest BCUT2D eigenvalue weighted by Crippen LogP contribution is 2.40. The van der Waals surface area contributed by atoms with Crippen molar-refractivity contribution < 1.29 is 23.8 Å². The third-order valence-corrected chi connectivity index (χ3v) is 6.64. The number of hydrogen-bond donors (Lipinski definition) is 1. The Labute approximate surface area is 214 Å². The van der Waals surface area contributed by atoms with E-state index in [0.29, 0.717) is 18.5 Å². The molecule has 1 aliphatic rings. The van der Waals surface area contributed by atoms with Gasteiger partial charge in [0, 0.05) is 12.1 Å². The van der Waals surface area contributed by atoms with Crippen LogP contribution in [0, 0.1) is 5.82 Å². The van der Waals surface area contributed by atoms with Crippen LogP contribution in [0.3, 0.4) is 0 Å². The van der Waals surface area contributed by atoms with Gasteiger partial charge in [-0.05, 0) is 52.4 Å². The van der Waals surface area contributed by atoms with Crippen LogP contribution in [-0.2, 0) is 22.4 Å². The van der Waals surface area contributed by atoms with Crippen LogP contribution in [0.15, 0.2) is 97.1 Å². The van der Waals surface area contributed by atoms with Crippen molar-refractivity contribution in [3.05, 3.63) is 125 Å². The fraction of sp³-hybridized carbons (Fsp3) is 0.161. The summed E-state index contributed by atoms with van der Waals surface area (Å²) in [6.07, 6.45) is 0.861. The highest BCUT2D eigenvalue weighted by molar-refractivity contribution is 5.81.